The van der Waals surface area contributed by atoms with E-state index in [9.17, 15) is 4.79 Å². The molecule has 0 aromatic carbocycles. The molecule has 1 aliphatic heterocycles. The summed E-state index contributed by atoms with van der Waals surface area (Å²) in [7, 11) is 0. The number of amides is 1. The first kappa shape index (κ1) is 11.2. The van der Waals surface area contributed by atoms with Crippen LogP contribution < -0.4 is 0 Å². The fourth-order valence-electron chi connectivity index (χ4n) is 2.25. The molecule has 0 N–H and O–H groups in total. The predicted molar refractivity (Wildman–Crippen MR) is 62.0 cm³/mol. The van der Waals surface area contributed by atoms with Crippen LogP contribution in [0.5, 0.6) is 0 Å². The number of nitrogens with zero attached hydrogens (tertiary/aromatic N) is 3. The Morgan fingerprint density at radius 3 is 2.75 bits per heavy atom. The number of hydrogen-bond donors (Lipinski definition) is 0. The average molecular weight is 221 g/mol. The van der Waals surface area contributed by atoms with E-state index >= 15 is 0 Å². The van der Waals surface area contributed by atoms with Crippen LogP contribution in [-0.2, 0) is 4.79 Å². The van der Waals surface area contributed by atoms with E-state index in [1.54, 1.807) is 0 Å². The van der Waals surface area contributed by atoms with Crippen LogP contribution >= 0.6 is 0 Å². The quantitative estimate of drug-likeness (QED) is 0.781. The number of hydrogen-bond acceptors (Lipinski definition) is 2. The lowest BCUT2D eigenvalue weighted by atomic mass is 10.0. The van der Waals surface area contributed by atoms with Gasteiger partial charge in [0, 0.05) is 31.9 Å². The highest BCUT2D eigenvalue weighted by Crippen LogP contribution is 2.21. The second kappa shape index (κ2) is 5.14. The molecule has 1 amide bonds. The Kier molecular flexibility index (Phi) is 3.59. The number of carbonyl (C=O) groups excluding carboxylic acids is 1. The van der Waals surface area contributed by atoms with Crippen LogP contribution in [0.25, 0.3) is 0 Å². The third-order valence-electron chi connectivity index (χ3n) is 3.18. The van der Waals surface area contributed by atoms with Gasteiger partial charge in [-0.15, -0.1) is 0 Å². The molecule has 0 spiro atoms. The van der Waals surface area contributed by atoms with Crippen molar-refractivity contribution in [1.82, 2.24) is 14.7 Å². The van der Waals surface area contributed by atoms with Crippen molar-refractivity contribution in [2.75, 3.05) is 13.1 Å². The van der Waals surface area contributed by atoms with Gasteiger partial charge >= 0.3 is 0 Å². The minimum Gasteiger partial charge on any atom is -0.343 e. The molecule has 1 saturated heterocycles. The second-order valence-electron chi connectivity index (χ2n) is 4.35. The van der Waals surface area contributed by atoms with Gasteiger partial charge in [0.1, 0.15) is 0 Å². The molecule has 1 aromatic rings. The fraction of sp³-hybridized carbons (Fsp3) is 0.667. The van der Waals surface area contributed by atoms with Crippen LogP contribution in [-0.4, -0.2) is 33.7 Å². The van der Waals surface area contributed by atoms with Crippen LogP contribution in [0.3, 0.4) is 0 Å². The van der Waals surface area contributed by atoms with Gasteiger partial charge in [-0.1, -0.05) is 6.92 Å². The maximum Gasteiger partial charge on any atom is 0.222 e. The molecule has 4 nitrogen and oxygen atoms in total. The van der Waals surface area contributed by atoms with Gasteiger partial charge in [-0.25, -0.2) is 0 Å². The van der Waals surface area contributed by atoms with Gasteiger partial charge in [-0.2, -0.15) is 5.10 Å². The van der Waals surface area contributed by atoms with Crippen molar-refractivity contribution in [1.29, 1.82) is 0 Å². The van der Waals surface area contributed by atoms with Crippen molar-refractivity contribution in [2.45, 2.75) is 38.6 Å². The van der Waals surface area contributed by atoms with Crippen LogP contribution in [0, 0.1) is 0 Å². The monoisotopic (exact) mass is 221 g/mol. The van der Waals surface area contributed by atoms with E-state index in [1.165, 1.54) is 0 Å². The molecule has 2 heterocycles. The lowest BCUT2D eigenvalue weighted by molar-refractivity contribution is -0.132. The van der Waals surface area contributed by atoms with E-state index in [1.807, 2.05) is 35.0 Å². The summed E-state index contributed by atoms with van der Waals surface area (Å²) in [6, 6.07) is 2.43. The number of likely N-dealkylation sites (tertiary alicyclic amines) is 1. The fourth-order valence-corrected chi connectivity index (χ4v) is 2.25. The van der Waals surface area contributed by atoms with E-state index in [4.69, 9.17) is 0 Å². The lowest BCUT2D eigenvalue weighted by Gasteiger charge is -2.32. The Hall–Kier alpha value is -1.32. The van der Waals surface area contributed by atoms with Gasteiger partial charge in [0.15, 0.2) is 0 Å². The minimum atomic E-state index is 0.307. The standard InChI is InChI=1S/C12H19N3O/c1-2-4-12(16)14-9-5-11(6-10-14)15-8-3-7-13-15/h3,7-8,11H,2,4-6,9-10H2,1H3. The molecule has 88 valence electrons. The Morgan fingerprint density at radius 1 is 1.44 bits per heavy atom. The van der Waals surface area contributed by atoms with Crippen molar-refractivity contribution in [2.24, 2.45) is 0 Å². The van der Waals surface area contributed by atoms with Crippen molar-refractivity contribution < 1.29 is 4.79 Å². The summed E-state index contributed by atoms with van der Waals surface area (Å²) in [6.07, 6.45) is 7.50. The van der Waals surface area contributed by atoms with Gasteiger partial charge < -0.3 is 4.90 Å². The Bertz CT molecular complexity index is 326. The zero-order valence-electron chi connectivity index (χ0n) is 9.80. The zero-order chi connectivity index (χ0) is 11.4. The molecule has 0 bridgehead atoms. The first-order valence-electron chi connectivity index (χ1n) is 6.08. The Labute approximate surface area is 96.2 Å². The molecule has 1 fully saturated rings. The molecule has 1 aliphatic rings. The third kappa shape index (κ3) is 2.43. The molecule has 16 heavy (non-hydrogen) atoms. The van der Waals surface area contributed by atoms with Crippen molar-refractivity contribution in [3.8, 4) is 0 Å². The number of aromatic nitrogens is 2. The molecule has 4 heteroatoms. The highest BCUT2D eigenvalue weighted by atomic mass is 16.2. The number of carbonyl (C=O) groups is 1. The maximum absolute atomic E-state index is 11.7. The van der Waals surface area contributed by atoms with Crippen LogP contribution in [0.1, 0.15) is 38.6 Å². The van der Waals surface area contributed by atoms with E-state index in [2.05, 4.69) is 5.10 Å². The van der Waals surface area contributed by atoms with Gasteiger partial charge in [0.25, 0.3) is 0 Å². The summed E-state index contributed by atoms with van der Waals surface area (Å²) < 4.78 is 2.02. The smallest absolute Gasteiger partial charge is 0.222 e. The van der Waals surface area contributed by atoms with E-state index < -0.39 is 0 Å². The summed E-state index contributed by atoms with van der Waals surface area (Å²) >= 11 is 0. The Morgan fingerprint density at radius 2 is 2.19 bits per heavy atom. The summed E-state index contributed by atoms with van der Waals surface area (Å²) in [4.78, 5) is 13.7. The van der Waals surface area contributed by atoms with Gasteiger partial charge in [0.05, 0.1) is 6.04 Å². The number of rotatable bonds is 3. The SMILES string of the molecule is CCCC(=O)N1CCC(n2cccn2)CC1. The normalized spacial score (nSPS) is 17.7. The second-order valence-corrected chi connectivity index (χ2v) is 4.35. The molecular weight excluding hydrogens is 202 g/mol. The molecule has 2 rings (SSSR count). The van der Waals surface area contributed by atoms with E-state index in [-0.39, 0.29) is 0 Å². The highest BCUT2D eigenvalue weighted by molar-refractivity contribution is 5.76. The highest BCUT2D eigenvalue weighted by Gasteiger charge is 2.23. The number of piperidine rings is 1. The molecular formula is C12H19N3O. The molecule has 0 aliphatic carbocycles. The van der Waals surface area contributed by atoms with Crippen molar-refractivity contribution in [3.05, 3.63) is 18.5 Å². The lowest BCUT2D eigenvalue weighted by Crippen LogP contribution is -2.38. The summed E-state index contributed by atoms with van der Waals surface area (Å²) in [6.45, 7) is 3.81. The molecule has 0 atom stereocenters. The summed E-state index contributed by atoms with van der Waals surface area (Å²) in [5, 5.41) is 4.26. The van der Waals surface area contributed by atoms with Crippen LogP contribution in [0.15, 0.2) is 18.5 Å². The zero-order valence-corrected chi connectivity index (χ0v) is 9.80. The van der Waals surface area contributed by atoms with Gasteiger partial charge in [-0.05, 0) is 25.3 Å². The molecule has 0 radical (unpaired) electrons. The van der Waals surface area contributed by atoms with Crippen molar-refractivity contribution >= 4 is 5.91 Å². The van der Waals surface area contributed by atoms with E-state index in [0.29, 0.717) is 18.4 Å². The summed E-state index contributed by atoms with van der Waals surface area (Å²) in [5.74, 6) is 0.307. The predicted octanol–water partition coefficient (Wildman–Crippen LogP) is 1.85. The molecule has 0 unspecified atom stereocenters. The minimum absolute atomic E-state index is 0.307. The summed E-state index contributed by atoms with van der Waals surface area (Å²) in [5.41, 5.74) is 0. The van der Waals surface area contributed by atoms with Crippen molar-refractivity contribution in [3.63, 3.8) is 0 Å². The first-order valence-corrected chi connectivity index (χ1v) is 6.08. The first-order chi connectivity index (χ1) is 7.81. The van der Waals surface area contributed by atoms with E-state index in [0.717, 1.165) is 32.4 Å². The van der Waals surface area contributed by atoms with Gasteiger partial charge in [0.2, 0.25) is 5.91 Å². The molecule has 1 aromatic heterocycles. The topological polar surface area (TPSA) is 38.1 Å². The molecule has 0 saturated carbocycles. The Balaban J connectivity index is 1.85. The van der Waals surface area contributed by atoms with Crippen LogP contribution in [0.2, 0.25) is 0 Å². The third-order valence-corrected chi connectivity index (χ3v) is 3.18. The van der Waals surface area contributed by atoms with Crippen LogP contribution in [0.4, 0.5) is 0 Å². The average Bonchev–Trinajstić information content (AvgIpc) is 2.83. The largest absolute Gasteiger partial charge is 0.343 e. The van der Waals surface area contributed by atoms with Gasteiger partial charge in [-0.3, -0.25) is 9.48 Å². The maximum atomic E-state index is 11.7.